The van der Waals surface area contributed by atoms with Crippen molar-refractivity contribution in [2.45, 2.75) is 24.8 Å². The first-order valence-corrected chi connectivity index (χ1v) is 9.88. The van der Waals surface area contributed by atoms with Gasteiger partial charge in [-0.25, -0.2) is 21.9 Å². The molecule has 2 aromatic carbocycles. The van der Waals surface area contributed by atoms with Crippen LogP contribution in [-0.4, -0.2) is 24.1 Å². The second kappa shape index (κ2) is 7.68. The fourth-order valence-corrected chi connectivity index (χ4v) is 3.52. The highest BCUT2D eigenvalue weighted by atomic mass is 32.2. The van der Waals surface area contributed by atoms with Crippen LogP contribution in [0.4, 0.5) is 8.78 Å². The Kier molecular flexibility index (Phi) is 5.44. The van der Waals surface area contributed by atoms with Crippen LogP contribution in [0.3, 0.4) is 0 Å². The van der Waals surface area contributed by atoms with E-state index >= 15 is 0 Å². The molecule has 0 atom stereocenters. The van der Waals surface area contributed by atoms with E-state index in [4.69, 9.17) is 0 Å². The van der Waals surface area contributed by atoms with Crippen molar-refractivity contribution in [3.63, 3.8) is 0 Å². The smallest absolute Gasteiger partial charge is 0.272 e. The summed E-state index contributed by atoms with van der Waals surface area (Å²) in [6.07, 6.45) is 0. The van der Waals surface area contributed by atoms with Crippen LogP contribution >= 0.6 is 0 Å². The number of amides is 1. The molecular weight excluding hydrogens is 406 g/mol. The molecule has 3 rings (SSSR count). The van der Waals surface area contributed by atoms with E-state index in [1.54, 1.807) is 30.8 Å². The van der Waals surface area contributed by atoms with Crippen LogP contribution in [0.2, 0.25) is 0 Å². The summed E-state index contributed by atoms with van der Waals surface area (Å²) in [7, 11) is -4.45. The second-order valence-electron chi connectivity index (χ2n) is 6.40. The van der Waals surface area contributed by atoms with Crippen molar-refractivity contribution in [2.75, 3.05) is 0 Å². The molecule has 8 nitrogen and oxygen atoms in total. The normalized spacial score (nSPS) is 11.8. The monoisotopic (exact) mass is 422 g/mol. The number of sulfonamides is 1. The number of nitrogens with one attached hydrogen (secondary N) is 2. The standard InChI is InChI=1S/C18H16F2N4O4S/c1-10(2)24-18(26)15-6-4-3-5-14(15)16(22-24)17(25)21-23-29(27,28)13-8-11(19)7-12(20)9-13/h3-10,23H,1-2H3,(H,21,25). The van der Waals surface area contributed by atoms with E-state index in [-0.39, 0.29) is 22.5 Å². The summed E-state index contributed by atoms with van der Waals surface area (Å²) in [6.45, 7) is 3.40. The summed E-state index contributed by atoms with van der Waals surface area (Å²) in [6, 6.07) is 7.60. The molecule has 0 fully saturated rings. The van der Waals surface area contributed by atoms with Crippen LogP contribution in [0, 0.1) is 11.6 Å². The van der Waals surface area contributed by atoms with Crippen molar-refractivity contribution in [1.29, 1.82) is 0 Å². The second-order valence-corrected chi connectivity index (χ2v) is 8.08. The molecule has 3 aromatic rings. The fraction of sp³-hybridized carbons (Fsp3) is 0.167. The zero-order chi connectivity index (χ0) is 21.3. The highest BCUT2D eigenvalue weighted by Gasteiger charge is 2.21. The lowest BCUT2D eigenvalue weighted by molar-refractivity contribution is 0.0939. The Morgan fingerprint density at radius 1 is 1.07 bits per heavy atom. The predicted molar refractivity (Wildman–Crippen MR) is 101 cm³/mol. The molecular formula is C18H16F2N4O4S. The van der Waals surface area contributed by atoms with Gasteiger partial charge in [0.05, 0.1) is 16.3 Å². The molecule has 0 bridgehead atoms. The molecule has 152 valence electrons. The maximum atomic E-state index is 13.3. The van der Waals surface area contributed by atoms with Crippen LogP contribution < -0.4 is 15.8 Å². The number of nitrogens with zero attached hydrogens (tertiary/aromatic N) is 2. The van der Waals surface area contributed by atoms with E-state index in [0.29, 0.717) is 18.2 Å². The number of benzene rings is 2. The van der Waals surface area contributed by atoms with Crippen LogP contribution in [-0.2, 0) is 10.0 Å². The lowest BCUT2D eigenvalue weighted by atomic mass is 10.1. The van der Waals surface area contributed by atoms with Gasteiger partial charge in [-0.05, 0) is 32.0 Å². The van der Waals surface area contributed by atoms with Gasteiger partial charge < -0.3 is 0 Å². The third kappa shape index (κ3) is 4.15. The molecule has 0 aliphatic heterocycles. The Morgan fingerprint density at radius 3 is 2.24 bits per heavy atom. The van der Waals surface area contributed by atoms with Crippen molar-refractivity contribution >= 4 is 26.7 Å². The Balaban J connectivity index is 1.96. The number of aromatic nitrogens is 2. The molecule has 0 aliphatic carbocycles. The van der Waals surface area contributed by atoms with E-state index in [1.165, 1.54) is 12.1 Å². The zero-order valence-electron chi connectivity index (χ0n) is 15.3. The molecule has 1 heterocycles. The lowest BCUT2D eigenvalue weighted by Crippen LogP contribution is -2.42. The SMILES string of the molecule is CC(C)n1nc(C(=O)NNS(=O)(=O)c2cc(F)cc(F)c2)c2ccccc2c1=O. The summed E-state index contributed by atoms with van der Waals surface area (Å²) < 4.78 is 52.2. The van der Waals surface area contributed by atoms with Gasteiger partial charge in [0.15, 0.2) is 5.69 Å². The Labute approximate surface area is 164 Å². The zero-order valence-corrected chi connectivity index (χ0v) is 16.1. The van der Waals surface area contributed by atoms with Gasteiger partial charge in [-0.2, -0.15) is 5.10 Å². The molecule has 11 heteroatoms. The van der Waals surface area contributed by atoms with Gasteiger partial charge in [0.25, 0.3) is 21.5 Å². The number of carbonyl (C=O) groups excluding carboxylic acids is 1. The minimum atomic E-state index is -4.45. The average Bonchev–Trinajstić information content (AvgIpc) is 2.65. The third-order valence-corrected chi connectivity index (χ3v) is 5.21. The van der Waals surface area contributed by atoms with Gasteiger partial charge >= 0.3 is 0 Å². The highest BCUT2D eigenvalue weighted by molar-refractivity contribution is 7.89. The summed E-state index contributed by atoms with van der Waals surface area (Å²) in [5.74, 6) is -3.13. The van der Waals surface area contributed by atoms with Crippen molar-refractivity contribution in [3.8, 4) is 0 Å². The van der Waals surface area contributed by atoms with Gasteiger partial charge in [0.1, 0.15) is 11.6 Å². The topological polar surface area (TPSA) is 110 Å². The minimum absolute atomic E-state index is 0.193. The van der Waals surface area contributed by atoms with Crippen LogP contribution in [0.15, 0.2) is 52.2 Å². The van der Waals surface area contributed by atoms with Crippen molar-refractivity contribution in [2.24, 2.45) is 0 Å². The molecule has 0 saturated carbocycles. The van der Waals surface area contributed by atoms with E-state index < -0.39 is 38.0 Å². The summed E-state index contributed by atoms with van der Waals surface area (Å²) in [4.78, 5) is 26.1. The Bertz CT molecular complexity index is 1250. The van der Waals surface area contributed by atoms with Crippen LogP contribution in [0.1, 0.15) is 30.4 Å². The molecule has 1 amide bonds. The molecule has 0 unspecified atom stereocenters. The number of hydrogen-bond donors (Lipinski definition) is 2. The van der Waals surface area contributed by atoms with Crippen LogP contribution in [0.5, 0.6) is 0 Å². The predicted octanol–water partition coefficient (Wildman–Crippen LogP) is 1.88. The summed E-state index contributed by atoms with van der Waals surface area (Å²) >= 11 is 0. The van der Waals surface area contributed by atoms with E-state index in [2.05, 4.69) is 5.10 Å². The number of hydrazine groups is 1. The number of halogens is 2. The number of carbonyl (C=O) groups is 1. The van der Waals surface area contributed by atoms with Crippen molar-refractivity contribution in [1.82, 2.24) is 20.0 Å². The van der Waals surface area contributed by atoms with E-state index in [0.717, 1.165) is 4.68 Å². The third-order valence-electron chi connectivity index (χ3n) is 3.98. The van der Waals surface area contributed by atoms with E-state index in [9.17, 15) is 26.8 Å². The first kappa shape index (κ1) is 20.6. The van der Waals surface area contributed by atoms with Gasteiger partial charge in [-0.3, -0.25) is 15.0 Å². The number of hydrogen-bond acceptors (Lipinski definition) is 5. The quantitative estimate of drug-likeness (QED) is 0.610. The van der Waals surface area contributed by atoms with Gasteiger partial charge in [-0.1, -0.05) is 18.2 Å². The Morgan fingerprint density at radius 2 is 1.66 bits per heavy atom. The van der Waals surface area contributed by atoms with Crippen LogP contribution in [0.25, 0.3) is 10.8 Å². The molecule has 0 aliphatic rings. The highest BCUT2D eigenvalue weighted by Crippen LogP contribution is 2.16. The summed E-state index contributed by atoms with van der Waals surface area (Å²) in [5, 5.41) is 4.50. The molecule has 0 spiro atoms. The molecule has 29 heavy (non-hydrogen) atoms. The minimum Gasteiger partial charge on any atom is -0.272 e. The summed E-state index contributed by atoms with van der Waals surface area (Å²) in [5.41, 5.74) is 1.36. The first-order valence-electron chi connectivity index (χ1n) is 8.40. The maximum Gasteiger partial charge on any atom is 0.287 e. The van der Waals surface area contributed by atoms with Gasteiger partial charge in [0, 0.05) is 11.5 Å². The number of rotatable bonds is 5. The Hall–Kier alpha value is -3.18. The van der Waals surface area contributed by atoms with E-state index in [1.807, 2.05) is 5.43 Å². The van der Waals surface area contributed by atoms with Crippen molar-refractivity contribution < 1.29 is 22.0 Å². The van der Waals surface area contributed by atoms with Crippen molar-refractivity contribution in [3.05, 3.63) is 70.1 Å². The molecule has 0 saturated heterocycles. The first-order chi connectivity index (χ1) is 13.6. The molecule has 0 radical (unpaired) electrons. The fourth-order valence-electron chi connectivity index (χ4n) is 2.64. The lowest BCUT2D eigenvalue weighted by Gasteiger charge is -2.14. The number of fused-ring (bicyclic) bond motifs is 1. The maximum absolute atomic E-state index is 13.3. The van der Waals surface area contributed by atoms with Gasteiger partial charge in [-0.15, -0.1) is 4.83 Å². The molecule has 1 aromatic heterocycles. The van der Waals surface area contributed by atoms with Gasteiger partial charge in [0.2, 0.25) is 0 Å². The molecule has 2 N–H and O–H groups in total. The largest absolute Gasteiger partial charge is 0.287 e. The average molecular weight is 422 g/mol.